The van der Waals surface area contributed by atoms with Crippen LogP contribution in [-0.4, -0.2) is 25.2 Å². The van der Waals surface area contributed by atoms with Crippen LogP contribution in [-0.2, 0) is 22.1 Å². The molecule has 0 spiro atoms. The van der Waals surface area contributed by atoms with Crippen LogP contribution in [0.25, 0.3) is 0 Å². The Morgan fingerprint density at radius 1 is 1.41 bits per heavy atom. The zero-order valence-electron chi connectivity index (χ0n) is 9.17. The zero-order valence-corrected chi connectivity index (χ0v) is 9.17. The number of aromatic nitrogens is 1. The highest BCUT2D eigenvalue weighted by atomic mass is 19.4. The Morgan fingerprint density at radius 3 is 2.53 bits per heavy atom. The molecule has 0 fully saturated rings. The SMILES string of the molecule is COC(=O)Cc1cnc(OC)c(C(F)(F)F)c1. The van der Waals surface area contributed by atoms with E-state index >= 15 is 0 Å². The van der Waals surface area contributed by atoms with Crippen molar-refractivity contribution in [3.05, 3.63) is 23.4 Å². The molecule has 94 valence electrons. The highest BCUT2D eigenvalue weighted by Crippen LogP contribution is 2.35. The van der Waals surface area contributed by atoms with Crippen molar-refractivity contribution in [3.8, 4) is 5.88 Å². The number of nitrogens with zero attached hydrogens (tertiary/aromatic N) is 1. The van der Waals surface area contributed by atoms with Gasteiger partial charge in [0.2, 0.25) is 5.88 Å². The summed E-state index contributed by atoms with van der Waals surface area (Å²) < 4.78 is 46.7. The van der Waals surface area contributed by atoms with Crippen molar-refractivity contribution in [2.45, 2.75) is 12.6 Å². The van der Waals surface area contributed by atoms with Crippen LogP contribution >= 0.6 is 0 Å². The summed E-state index contributed by atoms with van der Waals surface area (Å²) in [4.78, 5) is 14.4. The lowest BCUT2D eigenvalue weighted by Crippen LogP contribution is -2.11. The van der Waals surface area contributed by atoms with Gasteiger partial charge in [-0.1, -0.05) is 0 Å². The molecule has 0 bridgehead atoms. The standard InChI is InChI=1S/C10H10F3NO3/c1-16-8(15)4-6-3-7(10(11,12)13)9(17-2)14-5-6/h3,5H,4H2,1-2H3. The smallest absolute Gasteiger partial charge is 0.421 e. The number of methoxy groups -OCH3 is 2. The third-order valence-electron chi connectivity index (χ3n) is 1.98. The number of esters is 1. The van der Waals surface area contributed by atoms with Crippen molar-refractivity contribution in [3.63, 3.8) is 0 Å². The second kappa shape index (κ2) is 5.03. The van der Waals surface area contributed by atoms with Crippen LogP contribution in [0, 0.1) is 0 Å². The van der Waals surface area contributed by atoms with Crippen LogP contribution in [0.3, 0.4) is 0 Å². The Bertz CT molecular complexity index is 418. The van der Waals surface area contributed by atoms with E-state index in [1.165, 1.54) is 0 Å². The summed E-state index contributed by atoms with van der Waals surface area (Å²) >= 11 is 0. The molecule has 0 atom stereocenters. The molecule has 0 N–H and O–H groups in total. The molecular weight excluding hydrogens is 239 g/mol. The molecule has 17 heavy (non-hydrogen) atoms. The molecular formula is C10H10F3NO3. The lowest BCUT2D eigenvalue weighted by Gasteiger charge is -2.11. The van der Waals surface area contributed by atoms with Gasteiger partial charge in [0.15, 0.2) is 0 Å². The molecule has 0 saturated heterocycles. The summed E-state index contributed by atoms with van der Waals surface area (Å²) in [6, 6.07) is 0.822. The quantitative estimate of drug-likeness (QED) is 0.767. The number of halogens is 3. The maximum atomic E-state index is 12.6. The fraction of sp³-hybridized carbons (Fsp3) is 0.400. The summed E-state index contributed by atoms with van der Waals surface area (Å²) in [7, 11) is 2.25. The van der Waals surface area contributed by atoms with Gasteiger partial charge in [0.05, 0.1) is 20.6 Å². The summed E-state index contributed by atoms with van der Waals surface area (Å²) in [6.07, 6.45) is -3.70. The molecule has 0 unspecified atom stereocenters. The van der Waals surface area contributed by atoms with E-state index in [2.05, 4.69) is 14.5 Å². The minimum absolute atomic E-state index is 0.116. The van der Waals surface area contributed by atoms with Gasteiger partial charge in [-0.2, -0.15) is 13.2 Å². The van der Waals surface area contributed by atoms with Crippen molar-refractivity contribution in [1.82, 2.24) is 4.98 Å². The van der Waals surface area contributed by atoms with Gasteiger partial charge >= 0.3 is 12.1 Å². The lowest BCUT2D eigenvalue weighted by molar-refractivity contribution is -0.141. The molecule has 1 rings (SSSR count). The summed E-state index contributed by atoms with van der Waals surface area (Å²) in [5.74, 6) is -1.16. The normalized spacial score (nSPS) is 11.1. The van der Waals surface area contributed by atoms with Crippen LogP contribution in [0.15, 0.2) is 12.3 Å². The lowest BCUT2D eigenvalue weighted by atomic mass is 10.1. The fourth-order valence-electron chi connectivity index (χ4n) is 1.20. The van der Waals surface area contributed by atoms with Crippen LogP contribution in [0.2, 0.25) is 0 Å². The first-order chi connectivity index (χ1) is 7.88. The molecule has 0 aromatic carbocycles. The van der Waals surface area contributed by atoms with Gasteiger partial charge in [0.1, 0.15) is 5.56 Å². The number of rotatable bonds is 3. The molecule has 7 heteroatoms. The van der Waals surface area contributed by atoms with Gasteiger partial charge in [0.25, 0.3) is 0 Å². The topological polar surface area (TPSA) is 48.4 Å². The van der Waals surface area contributed by atoms with E-state index in [4.69, 9.17) is 0 Å². The first kappa shape index (κ1) is 13.3. The van der Waals surface area contributed by atoms with Crippen molar-refractivity contribution in [2.75, 3.05) is 14.2 Å². The number of pyridine rings is 1. The van der Waals surface area contributed by atoms with Crippen molar-refractivity contribution in [2.24, 2.45) is 0 Å². The van der Waals surface area contributed by atoms with Crippen molar-refractivity contribution in [1.29, 1.82) is 0 Å². The molecule has 1 heterocycles. The van der Waals surface area contributed by atoms with E-state index < -0.39 is 23.6 Å². The Balaban J connectivity index is 3.09. The van der Waals surface area contributed by atoms with Crippen LogP contribution in [0.4, 0.5) is 13.2 Å². The maximum absolute atomic E-state index is 12.6. The Kier molecular flexibility index (Phi) is 3.93. The number of hydrogen-bond donors (Lipinski definition) is 0. The average Bonchev–Trinajstić information content (AvgIpc) is 2.27. The van der Waals surface area contributed by atoms with E-state index in [-0.39, 0.29) is 12.0 Å². The maximum Gasteiger partial charge on any atom is 0.421 e. The van der Waals surface area contributed by atoms with Gasteiger partial charge in [-0.15, -0.1) is 0 Å². The highest BCUT2D eigenvalue weighted by Gasteiger charge is 2.35. The second-order valence-electron chi connectivity index (χ2n) is 3.15. The molecule has 1 aromatic heterocycles. The Morgan fingerprint density at radius 2 is 2.06 bits per heavy atom. The minimum atomic E-state index is -4.58. The van der Waals surface area contributed by atoms with E-state index in [1.807, 2.05) is 0 Å². The van der Waals surface area contributed by atoms with Gasteiger partial charge in [-0.25, -0.2) is 4.98 Å². The van der Waals surface area contributed by atoms with Crippen molar-refractivity contribution >= 4 is 5.97 Å². The van der Waals surface area contributed by atoms with Crippen LogP contribution in [0.1, 0.15) is 11.1 Å². The first-order valence-corrected chi connectivity index (χ1v) is 4.55. The molecule has 0 aliphatic rings. The number of alkyl halides is 3. The predicted molar refractivity (Wildman–Crippen MR) is 51.5 cm³/mol. The van der Waals surface area contributed by atoms with E-state index in [1.54, 1.807) is 0 Å². The van der Waals surface area contributed by atoms with E-state index in [0.29, 0.717) is 0 Å². The summed E-state index contributed by atoms with van der Waals surface area (Å²) in [5.41, 5.74) is -0.897. The highest BCUT2D eigenvalue weighted by molar-refractivity contribution is 5.72. The Hall–Kier alpha value is -1.79. The zero-order chi connectivity index (χ0) is 13.1. The molecule has 1 aromatic rings. The van der Waals surface area contributed by atoms with E-state index in [0.717, 1.165) is 26.5 Å². The number of carbonyl (C=O) groups excluding carboxylic acids is 1. The van der Waals surface area contributed by atoms with Gasteiger partial charge < -0.3 is 9.47 Å². The van der Waals surface area contributed by atoms with Crippen molar-refractivity contribution < 1.29 is 27.4 Å². The number of ether oxygens (including phenoxy) is 2. The van der Waals surface area contributed by atoms with Gasteiger partial charge in [-0.05, 0) is 11.6 Å². The average molecular weight is 249 g/mol. The number of carbonyl (C=O) groups is 1. The third kappa shape index (κ3) is 3.33. The third-order valence-corrected chi connectivity index (χ3v) is 1.98. The monoisotopic (exact) mass is 249 g/mol. The van der Waals surface area contributed by atoms with Crippen LogP contribution < -0.4 is 4.74 Å². The van der Waals surface area contributed by atoms with Crippen LogP contribution in [0.5, 0.6) is 5.88 Å². The predicted octanol–water partition coefficient (Wildman–Crippen LogP) is 1.82. The van der Waals surface area contributed by atoms with Gasteiger partial charge in [0, 0.05) is 6.20 Å². The number of hydrogen-bond acceptors (Lipinski definition) is 4. The molecule has 0 aliphatic carbocycles. The molecule has 0 radical (unpaired) electrons. The second-order valence-corrected chi connectivity index (χ2v) is 3.15. The fourth-order valence-corrected chi connectivity index (χ4v) is 1.20. The van der Waals surface area contributed by atoms with E-state index in [9.17, 15) is 18.0 Å². The first-order valence-electron chi connectivity index (χ1n) is 4.55. The Labute approximate surface area is 95.4 Å². The summed E-state index contributed by atoms with van der Waals surface area (Å²) in [6.45, 7) is 0. The molecule has 0 aliphatic heterocycles. The molecule has 0 amide bonds. The minimum Gasteiger partial charge on any atom is -0.481 e. The molecule has 4 nitrogen and oxygen atoms in total. The summed E-state index contributed by atoms with van der Waals surface area (Å²) in [5, 5.41) is 0. The van der Waals surface area contributed by atoms with Gasteiger partial charge in [-0.3, -0.25) is 4.79 Å². The molecule has 0 saturated carbocycles. The largest absolute Gasteiger partial charge is 0.481 e.